The molecule has 0 aliphatic heterocycles. The third-order valence-electron chi connectivity index (χ3n) is 4.62. The molecule has 0 unspecified atom stereocenters. The van der Waals surface area contributed by atoms with Crippen LogP contribution in [0.3, 0.4) is 0 Å². The average Bonchev–Trinajstić information content (AvgIpc) is 2.63. The van der Waals surface area contributed by atoms with E-state index >= 15 is 0 Å². The molecule has 5 rings (SSSR count). The van der Waals surface area contributed by atoms with Gasteiger partial charge in [0.2, 0.25) is 0 Å². The Morgan fingerprint density at radius 3 is 1.96 bits per heavy atom. The highest BCUT2D eigenvalue weighted by Gasteiger charge is 2.11. The highest BCUT2D eigenvalue weighted by atomic mass is 79.9. The second-order valence-electron chi connectivity index (χ2n) is 6.19. The van der Waals surface area contributed by atoms with Gasteiger partial charge in [-0.05, 0) is 76.1 Å². The van der Waals surface area contributed by atoms with Crippen LogP contribution in [-0.2, 0) is 0 Å². The monoisotopic (exact) mass is 486 g/mol. The molecule has 0 saturated heterocycles. The lowest BCUT2D eigenvalue weighted by molar-refractivity contribution is 0.630. The van der Waals surface area contributed by atoms with Crippen LogP contribution in [0.2, 0.25) is 0 Å². The van der Waals surface area contributed by atoms with E-state index < -0.39 is 0 Å². The van der Waals surface area contributed by atoms with Crippen LogP contribution in [0, 0.1) is 5.82 Å². The molecule has 0 aliphatic carbocycles. The van der Waals surface area contributed by atoms with Crippen LogP contribution >= 0.6 is 43.2 Å². The fourth-order valence-electron chi connectivity index (χ4n) is 3.34. The van der Waals surface area contributed by atoms with Gasteiger partial charge in [-0.1, -0.05) is 31.9 Å². The van der Waals surface area contributed by atoms with E-state index in [0.29, 0.717) is 10.8 Å². The maximum atomic E-state index is 13.6. The quantitative estimate of drug-likeness (QED) is 0.208. The van der Waals surface area contributed by atoms with Crippen molar-refractivity contribution in [1.82, 2.24) is 0 Å². The molecule has 4 aromatic carbocycles. The summed E-state index contributed by atoms with van der Waals surface area (Å²) in [6, 6.07) is 16.6. The molecule has 1 aromatic heterocycles. The second-order valence-corrected chi connectivity index (χ2v) is 8.99. The van der Waals surface area contributed by atoms with Crippen molar-refractivity contribution in [3.05, 3.63) is 79.6 Å². The maximum Gasteiger partial charge on any atom is 0.195 e. The van der Waals surface area contributed by atoms with E-state index in [-0.39, 0.29) is 11.2 Å². The van der Waals surface area contributed by atoms with E-state index in [4.69, 9.17) is 0 Å². The summed E-state index contributed by atoms with van der Waals surface area (Å²) in [6.07, 6.45) is 0. The molecule has 0 amide bonds. The molecule has 0 bridgehead atoms. The predicted octanol–water partition coefficient (Wildman–Crippen LogP) is 7.39. The zero-order valence-corrected chi connectivity index (χ0v) is 17.1. The van der Waals surface area contributed by atoms with Gasteiger partial charge in [-0.25, -0.2) is 4.39 Å². The van der Waals surface area contributed by atoms with Crippen molar-refractivity contribution in [2.45, 2.75) is 0 Å². The van der Waals surface area contributed by atoms with E-state index in [9.17, 15) is 9.18 Å². The smallest absolute Gasteiger partial charge is 0.195 e. The molecule has 0 N–H and O–H groups in total. The van der Waals surface area contributed by atoms with Crippen molar-refractivity contribution in [2.24, 2.45) is 0 Å². The van der Waals surface area contributed by atoms with Gasteiger partial charge in [-0.3, -0.25) is 4.79 Å². The Kier molecular flexibility index (Phi) is 3.68. The second kappa shape index (κ2) is 5.84. The lowest BCUT2D eigenvalue weighted by Gasteiger charge is -2.08. The number of rotatable bonds is 0. The molecule has 0 aliphatic rings. The first-order valence-electron chi connectivity index (χ1n) is 7.89. The van der Waals surface area contributed by atoms with E-state index in [0.717, 1.165) is 39.9 Å². The summed E-state index contributed by atoms with van der Waals surface area (Å²) in [4.78, 5) is 12.9. The van der Waals surface area contributed by atoms with Gasteiger partial charge in [-0.2, -0.15) is 0 Å². The zero-order chi connectivity index (χ0) is 18.0. The Labute approximate surface area is 168 Å². The third-order valence-corrected chi connectivity index (χ3v) is 7.13. The van der Waals surface area contributed by atoms with E-state index in [1.165, 1.54) is 23.5 Å². The first-order chi connectivity index (χ1) is 12.5. The van der Waals surface area contributed by atoms with E-state index in [1.807, 2.05) is 24.3 Å². The van der Waals surface area contributed by atoms with Crippen LogP contribution in [0.25, 0.3) is 41.7 Å². The highest BCUT2D eigenvalue weighted by Crippen LogP contribution is 2.36. The Balaban J connectivity index is 1.97. The molecule has 0 fully saturated rings. The van der Waals surface area contributed by atoms with Crippen molar-refractivity contribution < 1.29 is 4.39 Å². The first-order valence-corrected chi connectivity index (χ1v) is 10.3. The molecular weight excluding hydrogens is 479 g/mol. The molecule has 0 spiro atoms. The van der Waals surface area contributed by atoms with Crippen LogP contribution in [0.5, 0.6) is 0 Å². The Morgan fingerprint density at radius 1 is 0.692 bits per heavy atom. The summed E-state index contributed by atoms with van der Waals surface area (Å²) >= 11 is 8.73. The summed E-state index contributed by atoms with van der Waals surface area (Å²) in [5.74, 6) is -0.387. The number of hydrogen-bond donors (Lipinski definition) is 0. The summed E-state index contributed by atoms with van der Waals surface area (Å²) in [6.45, 7) is 0. The molecule has 126 valence electrons. The van der Waals surface area contributed by atoms with Gasteiger partial charge in [0.15, 0.2) is 5.43 Å². The lowest BCUT2D eigenvalue weighted by atomic mass is 10.0. The molecule has 1 heterocycles. The third kappa shape index (κ3) is 2.42. The molecule has 0 radical (unpaired) electrons. The van der Waals surface area contributed by atoms with Crippen LogP contribution in [-0.4, -0.2) is 0 Å². The molecule has 0 atom stereocenters. The highest BCUT2D eigenvalue weighted by molar-refractivity contribution is 9.11. The first kappa shape index (κ1) is 16.4. The van der Waals surface area contributed by atoms with Gasteiger partial charge in [0.05, 0.1) is 0 Å². The summed E-state index contributed by atoms with van der Waals surface area (Å²) in [5.41, 5.74) is -0.122. The molecule has 26 heavy (non-hydrogen) atoms. The number of benzene rings is 4. The van der Waals surface area contributed by atoms with Gasteiger partial charge >= 0.3 is 0 Å². The van der Waals surface area contributed by atoms with Crippen LogP contribution in [0.4, 0.5) is 4.39 Å². The van der Waals surface area contributed by atoms with Gasteiger partial charge < -0.3 is 0 Å². The summed E-state index contributed by atoms with van der Waals surface area (Å²) in [5, 5.41) is 5.32. The Bertz CT molecular complexity index is 1440. The fraction of sp³-hybridized carbons (Fsp3) is 0. The van der Waals surface area contributed by atoms with E-state index in [1.54, 1.807) is 6.07 Å². The minimum atomic E-state index is -0.387. The van der Waals surface area contributed by atoms with Crippen molar-refractivity contribution in [1.29, 1.82) is 0 Å². The van der Waals surface area contributed by atoms with Crippen molar-refractivity contribution in [3.8, 4) is 0 Å². The SMILES string of the molecule is O=c1c2cc(F)ccc2sc2cc3cc4c(Br)ccc(Br)c4cc3cc12. The van der Waals surface area contributed by atoms with Gasteiger partial charge in [0.1, 0.15) is 5.82 Å². The molecular formula is C21H9Br2FOS. The average molecular weight is 488 g/mol. The Morgan fingerprint density at radius 2 is 1.27 bits per heavy atom. The number of halogens is 3. The summed E-state index contributed by atoms with van der Waals surface area (Å²) in [7, 11) is 0. The predicted molar refractivity (Wildman–Crippen MR) is 116 cm³/mol. The minimum absolute atomic E-state index is 0.122. The number of hydrogen-bond acceptors (Lipinski definition) is 2. The maximum absolute atomic E-state index is 13.6. The molecule has 5 heteroatoms. The van der Waals surface area contributed by atoms with Crippen LogP contribution in [0.15, 0.2) is 68.3 Å². The Hall–Kier alpha value is -1.82. The minimum Gasteiger partial charge on any atom is -0.289 e. The van der Waals surface area contributed by atoms with Gasteiger partial charge in [0.25, 0.3) is 0 Å². The zero-order valence-electron chi connectivity index (χ0n) is 13.1. The molecule has 5 aromatic rings. The fourth-order valence-corrected chi connectivity index (χ4v) is 5.35. The summed E-state index contributed by atoms with van der Waals surface area (Å²) < 4.78 is 17.3. The van der Waals surface area contributed by atoms with Crippen molar-refractivity contribution in [2.75, 3.05) is 0 Å². The van der Waals surface area contributed by atoms with E-state index in [2.05, 4.69) is 44.0 Å². The topological polar surface area (TPSA) is 17.1 Å². The molecule has 1 nitrogen and oxygen atoms in total. The normalized spacial score (nSPS) is 11.8. The van der Waals surface area contributed by atoms with Gasteiger partial charge in [0, 0.05) is 29.1 Å². The standard InChI is InChI=1S/C21H9Br2FOS/c22-17-2-3-18(23)14-6-11-8-20-15(7-10(11)5-13(14)17)21(25)16-9-12(24)1-4-19(16)26-20/h1-9H. The van der Waals surface area contributed by atoms with Crippen molar-refractivity contribution in [3.63, 3.8) is 0 Å². The van der Waals surface area contributed by atoms with Gasteiger partial charge in [-0.15, -0.1) is 11.3 Å². The van der Waals surface area contributed by atoms with Crippen molar-refractivity contribution >= 4 is 84.9 Å². The largest absolute Gasteiger partial charge is 0.289 e. The lowest BCUT2D eigenvalue weighted by Crippen LogP contribution is -2.01. The van der Waals surface area contributed by atoms with Crippen LogP contribution < -0.4 is 5.43 Å². The van der Waals surface area contributed by atoms with Crippen LogP contribution in [0.1, 0.15) is 0 Å². The number of fused-ring (bicyclic) bond motifs is 4. The molecule has 0 saturated carbocycles.